The van der Waals surface area contributed by atoms with Crippen molar-refractivity contribution in [2.45, 2.75) is 0 Å². The minimum atomic E-state index is -1.28. The van der Waals surface area contributed by atoms with Crippen LogP contribution in [0.3, 0.4) is 0 Å². The monoisotopic (exact) mass is 265 g/mol. The summed E-state index contributed by atoms with van der Waals surface area (Å²) in [7, 11) is 1.53. The van der Waals surface area contributed by atoms with Crippen molar-refractivity contribution in [2.75, 3.05) is 12.4 Å². The second-order valence-electron chi connectivity index (χ2n) is 3.64. The highest BCUT2D eigenvalue weighted by Crippen LogP contribution is 2.22. The van der Waals surface area contributed by atoms with Gasteiger partial charge in [-0.2, -0.15) is 0 Å². The zero-order chi connectivity index (χ0) is 14.0. The average molecular weight is 265 g/mol. The van der Waals surface area contributed by atoms with Crippen molar-refractivity contribution in [3.05, 3.63) is 41.6 Å². The van der Waals surface area contributed by atoms with Crippen LogP contribution < -0.4 is 5.32 Å². The van der Waals surface area contributed by atoms with E-state index in [2.05, 4.69) is 15.3 Å². The fourth-order valence-corrected chi connectivity index (χ4v) is 1.47. The van der Waals surface area contributed by atoms with E-state index in [1.807, 2.05) is 0 Å². The van der Waals surface area contributed by atoms with Crippen molar-refractivity contribution in [3.63, 3.8) is 0 Å². The van der Waals surface area contributed by atoms with E-state index in [4.69, 9.17) is 5.11 Å². The van der Waals surface area contributed by atoms with E-state index in [0.29, 0.717) is 0 Å². The first-order chi connectivity index (χ1) is 9.01. The number of aromatic nitrogens is 2. The van der Waals surface area contributed by atoms with Gasteiger partial charge in [0.1, 0.15) is 17.5 Å². The maximum atomic E-state index is 13.6. The molecule has 0 fully saturated rings. The SMILES string of the molecule is CNc1cc(C(=O)O)nc(-c2cc(F)ccc2F)n1. The van der Waals surface area contributed by atoms with Crippen LogP contribution in [0.15, 0.2) is 24.3 Å². The molecule has 0 radical (unpaired) electrons. The van der Waals surface area contributed by atoms with Gasteiger partial charge in [-0.3, -0.25) is 0 Å². The Morgan fingerprint density at radius 2 is 2.00 bits per heavy atom. The number of anilines is 1. The molecular formula is C12H9F2N3O2. The van der Waals surface area contributed by atoms with E-state index >= 15 is 0 Å². The zero-order valence-corrected chi connectivity index (χ0v) is 9.82. The molecule has 1 aromatic carbocycles. The highest BCUT2D eigenvalue weighted by atomic mass is 19.1. The number of nitrogens with zero attached hydrogens (tertiary/aromatic N) is 2. The van der Waals surface area contributed by atoms with Crippen LogP contribution in [-0.4, -0.2) is 28.1 Å². The zero-order valence-electron chi connectivity index (χ0n) is 9.82. The molecule has 7 heteroatoms. The normalized spacial score (nSPS) is 10.3. The van der Waals surface area contributed by atoms with Crippen molar-refractivity contribution in [3.8, 4) is 11.4 Å². The fourth-order valence-electron chi connectivity index (χ4n) is 1.47. The number of hydrogen-bond acceptors (Lipinski definition) is 4. The number of rotatable bonds is 3. The van der Waals surface area contributed by atoms with Crippen LogP contribution in [0.4, 0.5) is 14.6 Å². The minimum absolute atomic E-state index is 0.193. The number of halogens is 2. The molecule has 0 saturated heterocycles. The molecule has 2 rings (SSSR count). The van der Waals surface area contributed by atoms with Crippen molar-refractivity contribution >= 4 is 11.8 Å². The molecule has 0 amide bonds. The lowest BCUT2D eigenvalue weighted by Gasteiger charge is -2.06. The van der Waals surface area contributed by atoms with Crippen LogP contribution in [0.2, 0.25) is 0 Å². The molecule has 2 aromatic rings. The molecule has 0 aliphatic heterocycles. The average Bonchev–Trinajstić information content (AvgIpc) is 2.40. The Morgan fingerprint density at radius 3 is 2.63 bits per heavy atom. The third-order valence-electron chi connectivity index (χ3n) is 2.37. The number of carbonyl (C=O) groups is 1. The molecule has 1 heterocycles. The lowest BCUT2D eigenvalue weighted by atomic mass is 10.2. The first-order valence-corrected chi connectivity index (χ1v) is 5.27. The summed E-state index contributed by atoms with van der Waals surface area (Å²) >= 11 is 0. The molecule has 0 unspecified atom stereocenters. The van der Waals surface area contributed by atoms with Crippen molar-refractivity contribution < 1.29 is 18.7 Å². The summed E-state index contributed by atoms with van der Waals surface area (Å²) in [4.78, 5) is 18.5. The smallest absolute Gasteiger partial charge is 0.354 e. The molecule has 0 aliphatic rings. The summed E-state index contributed by atoms with van der Waals surface area (Å²) in [6, 6.07) is 4.00. The maximum Gasteiger partial charge on any atom is 0.354 e. The van der Waals surface area contributed by atoms with Crippen LogP contribution in [-0.2, 0) is 0 Å². The van der Waals surface area contributed by atoms with Gasteiger partial charge in [-0.25, -0.2) is 23.5 Å². The first kappa shape index (κ1) is 12.9. The van der Waals surface area contributed by atoms with E-state index in [-0.39, 0.29) is 22.9 Å². The van der Waals surface area contributed by atoms with Crippen LogP contribution in [0, 0.1) is 11.6 Å². The molecular weight excluding hydrogens is 256 g/mol. The van der Waals surface area contributed by atoms with E-state index in [1.165, 1.54) is 13.1 Å². The van der Waals surface area contributed by atoms with Gasteiger partial charge in [0.15, 0.2) is 11.5 Å². The lowest BCUT2D eigenvalue weighted by Crippen LogP contribution is -2.06. The quantitative estimate of drug-likeness (QED) is 0.889. The van der Waals surface area contributed by atoms with Crippen LogP contribution in [0.1, 0.15) is 10.5 Å². The van der Waals surface area contributed by atoms with Gasteiger partial charge in [0.05, 0.1) is 5.56 Å². The molecule has 0 atom stereocenters. The molecule has 1 aromatic heterocycles. The molecule has 5 nitrogen and oxygen atoms in total. The topological polar surface area (TPSA) is 75.1 Å². The van der Waals surface area contributed by atoms with Crippen LogP contribution >= 0.6 is 0 Å². The van der Waals surface area contributed by atoms with Gasteiger partial charge in [-0.1, -0.05) is 0 Å². The lowest BCUT2D eigenvalue weighted by molar-refractivity contribution is 0.0690. The van der Waals surface area contributed by atoms with E-state index in [0.717, 1.165) is 18.2 Å². The molecule has 19 heavy (non-hydrogen) atoms. The molecule has 0 bridgehead atoms. The van der Waals surface area contributed by atoms with Gasteiger partial charge >= 0.3 is 5.97 Å². The van der Waals surface area contributed by atoms with Gasteiger partial charge in [-0.05, 0) is 18.2 Å². The van der Waals surface area contributed by atoms with Gasteiger partial charge < -0.3 is 10.4 Å². The number of carboxylic acids is 1. The highest BCUT2D eigenvalue weighted by Gasteiger charge is 2.14. The van der Waals surface area contributed by atoms with Crippen molar-refractivity contribution in [1.29, 1.82) is 0 Å². The predicted octanol–water partition coefficient (Wildman–Crippen LogP) is 2.16. The van der Waals surface area contributed by atoms with Crippen molar-refractivity contribution in [2.24, 2.45) is 0 Å². The van der Waals surface area contributed by atoms with Gasteiger partial charge in [0.2, 0.25) is 0 Å². The first-order valence-electron chi connectivity index (χ1n) is 5.27. The Balaban J connectivity index is 2.64. The summed E-state index contributed by atoms with van der Waals surface area (Å²) < 4.78 is 26.7. The second-order valence-corrected chi connectivity index (χ2v) is 3.64. The maximum absolute atomic E-state index is 13.6. The molecule has 0 spiro atoms. The van der Waals surface area contributed by atoms with E-state index < -0.39 is 17.6 Å². The fraction of sp³-hybridized carbons (Fsp3) is 0.0833. The number of benzene rings is 1. The Bertz CT molecular complexity index is 647. The number of aromatic carboxylic acids is 1. The second kappa shape index (κ2) is 4.97. The summed E-state index contributed by atoms with van der Waals surface area (Å²) in [5, 5.41) is 11.5. The number of nitrogens with one attached hydrogen (secondary N) is 1. The van der Waals surface area contributed by atoms with Gasteiger partial charge in [0, 0.05) is 13.1 Å². The van der Waals surface area contributed by atoms with Crippen LogP contribution in [0.25, 0.3) is 11.4 Å². The summed E-state index contributed by atoms with van der Waals surface area (Å²) in [5.74, 6) is -2.66. The van der Waals surface area contributed by atoms with Gasteiger partial charge in [-0.15, -0.1) is 0 Å². The number of carboxylic acid groups (broad SMARTS) is 1. The minimum Gasteiger partial charge on any atom is -0.477 e. The van der Waals surface area contributed by atoms with Crippen LogP contribution in [0.5, 0.6) is 0 Å². The van der Waals surface area contributed by atoms with E-state index in [9.17, 15) is 13.6 Å². The number of hydrogen-bond donors (Lipinski definition) is 2. The van der Waals surface area contributed by atoms with Gasteiger partial charge in [0.25, 0.3) is 0 Å². The summed E-state index contributed by atoms with van der Waals surface area (Å²) in [6.45, 7) is 0. The van der Waals surface area contributed by atoms with E-state index in [1.54, 1.807) is 0 Å². The molecule has 0 saturated carbocycles. The molecule has 98 valence electrons. The molecule has 2 N–H and O–H groups in total. The predicted molar refractivity (Wildman–Crippen MR) is 63.9 cm³/mol. The standard InChI is InChI=1S/C12H9F2N3O2/c1-15-10-5-9(12(18)19)16-11(17-10)7-4-6(13)2-3-8(7)14/h2-5H,1H3,(H,18,19)(H,15,16,17). The highest BCUT2D eigenvalue weighted by molar-refractivity contribution is 5.87. The largest absolute Gasteiger partial charge is 0.477 e. The third kappa shape index (κ3) is 2.65. The Hall–Kier alpha value is -2.57. The Labute approximate surface area is 106 Å². The molecule has 0 aliphatic carbocycles. The third-order valence-corrected chi connectivity index (χ3v) is 2.37. The Morgan fingerprint density at radius 1 is 1.26 bits per heavy atom. The summed E-state index contributed by atoms with van der Waals surface area (Å²) in [5.41, 5.74) is -0.502. The van der Waals surface area contributed by atoms with Crippen molar-refractivity contribution in [1.82, 2.24) is 9.97 Å². The Kier molecular flexibility index (Phi) is 3.37. The summed E-state index contributed by atoms with van der Waals surface area (Å²) in [6.07, 6.45) is 0.